The van der Waals surface area contributed by atoms with Gasteiger partial charge < -0.3 is 24.3 Å². The number of morpholine rings is 1. The summed E-state index contributed by atoms with van der Waals surface area (Å²) in [7, 11) is 1.57. The predicted octanol–water partition coefficient (Wildman–Crippen LogP) is 5.58. The van der Waals surface area contributed by atoms with Gasteiger partial charge in [-0.2, -0.15) is 9.97 Å². The van der Waals surface area contributed by atoms with Gasteiger partial charge >= 0.3 is 6.01 Å². The SMILES string of the molecule is COc1nc(Nc2ccc(Oc3ccccc3)cc2C)c2cc(OCCCN3CCOCC3)ccc2n1. The van der Waals surface area contributed by atoms with Gasteiger partial charge in [0.15, 0.2) is 0 Å². The number of rotatable bonds is 10. The summed E-state index contributed by atoms with van der Waals surface area (Å²) in [6.45, 7) is 7.29. The van der Waals surface area contributed by atoms with E-state index in [9.17, 15) is 0 Å². The lowest BCUT2D eigenvalue weighted by molar-refractivity contribution is 0.0358. The fourth-order valence-corrected chi connectivity index (χ4v) is 4.26. The topological polar surface area (TPSA) is 78.0 Å². The van der Waals surface area contributed by atoms with E-state index in [0.29, 0.717) is 18.4 Å². The molecule has 1 aliphatic rings. The molecule has 1 N–H and O–H groups in total. The third-order valence-corrected chi connectivity index (χ3v) is 6.25. The number of benzene rings is 3. The number of hydrogen-bond acceptors (Lipinski definition) is 8. The summed E-state index contributed by atoms with van der Waals surface area (Å²) < 4.78 is 22.8. The Labute approximate surface area is 217 Å². The van der Waals surface area contributed by atoms with Crippen LogP contribution in [0, 0.1) is 6.92 Å². The maximum Gasteiger partial charge on any atom is 0.318 e. The van der Waals surface area contributed by atoms with Crippen molar-refractivity contribution in [3.63, 3.8) is 0 Å². The van der Waals surface area contributed by atoms with Crippen LogP contribution in [0.4, 0.5) is 11.5 Å². The molecule has 8 nitrogen and oxygen atoms in total. The summed E-state index contributed by atoms with van der Waals surface area (Å²) in [5.41, 5.74) is 2.71. The van der Waals surface area contributed by atoms with Gasteiger partial charge in [-0.1, -0.05) is 18.2 Å². The number of methoxy groups -OCH3 is 1. The minimum atomic E-state index is 0.302. The molecule has 5 rings (SSSR count). The average Bonchev–Trinajstić information content (AvgIpc) is 2.93. The van der Waals surface area contributed by atoms with Crippen LogP contribution in [0.3, 0.4) is 0 Å². The van der Waals surface area contributed by atoms with Crippen LogP contribution in [0.15, 0.2) is 66.7 Å². The van der Waals surface area contributed by atoms with Gasteiger partial charge in [-0.15, -0.1) is 0 Å². The number of fused-ring (bicyclic) bond motifs is 1. The molecule has 0 unspecified atom stereocenters. The molecule has 8 heteroatoms. The number of hydrogen-bond donors (Lipinski definition) is 1. The number of aromatic nitrogens is 2. The molecule has 1 aliphatic heterocycles. The quantitative estimate of drug-likeness (QED) is 0.283. The van der Waals surface area contributed by atoms with Crippen molar-refractivity contribution in [3.8, 4) is 23.3 Å². The van der Waals surface area contributed by atoms with Crippen LogP contribution in [-0.2, 0) is 4.74 Å². The second-order valence-corrected chi connectivity index (χ2v) is 8.91. The number of ether oxygens (including phenoxy) is 4. The molecule has 0 amide bonds. The Balaban J connectivity index is 1.31. The number of anilines is 2. The largest absolute Gasteiger partial charge is 0.494 e. The van der Waals surface area contributed by atoms with Crippen molar-refractivity contribution >= 4 is 22.4 Å². The van der Waals surface area contributed by atoms with Gasteiger partial charge in [0.05, 0.1) is 32.4 Å². The molecular formula is C29H32N4O4. The van der Waals surface area contributed by atoms with Crippen LogP contribution >= 0.6 is 0 Å². The van der Waals surface area contributed by atoms with Crippen molar-refractivity contribution in [1.82, 2.24) is 14.9 Å². The number of nitrogens with zero attached hydrogens (tertiary/aromatic N) is 3. The van der Waals surface area contributed by atoms with Crippen LogP contribution in [-0.4, -0.2) is 61.4 Å². The summed E-state index contributed by atoms with van der Waals surface area (Å²) in [6, 6.07) is 21.8. The average molecular weight is 501 g/mol. The van der Waals surface area contributed by atoms with Crippen molar-refractivity contribution < 1.29 is 18.9 Å². The molecule has 1 fully saturated rings. The summed E-state index contributed by atoms with van der Waals surface area (Å²) in [5.74, 6) is 3.01. The number of para-hydroxylation sites is 1. The Bertz CT molecular complexity index is 1330. The monoisotopic (exact) mass is 500 g/mol. The van der Waals surface area contributed by atoms with E-state index >= 15 is 0 Å². The Morgan fingerprint density at radius 3 is 2.51 bits per heavy atom. The van der Waals surface area contributed by atoms with E-state index in [1.54, 1.807) is 7.11 Å². The molecule has 37 heavy (non-hydrogen) atoms. The first-order valence-electron chi connectivity index (χ1n) is 12.6. The molecule has 1 aromatic heterocycles. The van der Waals surface area contributed by atoms with Crippen LogP contribution in [0.25, 0.3) is 10.9 Å². The highest BCUT2D eigenvalue weighted by Gasteiger charge is 2.13. The van der Waals surface area contributed by atoms with Gasteiger partial charge in [-0.25, -0.2) is 0 Å². The third-order valence-electron chi connectivity index (χ3n) is 6.25. The molecular weight excluding hydrogens is 468 g/mol. The molecule has 2 heterocycles. The molecule has 1 saturated heterocycles. The van der Waals surface area contributed by atoms with Gasteiger partial charge in [-0.05, 0) is 67.4 Å². The fraction of sp³-hybridized carbons (Fsp3) is 0.310. The van der Waals surface area contributed by atoms with Crippen molar-refractivity contribution in [2.45, 2.75) is 13.3 Å². The second kappa shape index (κ2) is 11.9. The lowest BCUT2D eigenvalue weighted by atomic mass is 10.1. The van der Waals surface area contributed by atoms with Gasteiger partial charge in [0.25, 0.3) is 0 Å². The first-order chi connectivity index (χ1) is 18.2. The smallest absolute Gasteiger partial charge is 0.318 e. The van der Waals surface area contributed by atoms with Crippen molar-refractivity contribution in [2.75, 3.05) is 51.9 Å². The highest BCUT2D eigenvalue weighted by Crippen LogP contribution is 2.32. The van der Waals surface area contributed by atoms with Gasteiger partial charge in [0.1, 0.15) is 23.1 Å². The normalized spacial score (nSPS) is 13.9. The summed E-state index contributed by atoms with van der Waals surface area (Å²) >= 11 is 0. The first-order valence-corrected chi connectivity index (χ1v) is 12.6. The Kier molecular flexibility index (Phi) is 7.98. The van der Waals surface area contributed by atoms with E-state index in [2.05, 4.69) is 20.2 Å². The molecule has 0 saturated carbocycles. The van der Waals surface area contributed by atoms with E-state index in [1.165, 1.54) is 0 Å². The minimum Gasteiger partial charge on any atom is -0.494 e. The van der Waals surface area contributed by atoms with Crippen molar-refractivity contribution in [2.24, 2.45) is 0 Å². The molecule has 192 valence electrons. The van der Waals surface area contributed by atoms with Gasteiger partial charge in [-0.3, -0.25) is 4.90 Å². The molecule has 3 aromatic carbocycles. The Hall–Kier alpha value is -3.88. The number of nitrogens with one attached hydrogen (secondary N) is 1. The van der Waals surface area contributed by atoms with Crippen molar-refractivity contribution in [1.29, 1.82) is 0 Å². The first kappa shape index (κ1) is 24.8. The second-order valence-electron chi connectivity index (χ2n) is 8.91. The van der Waals surface area contributed by atoms with Crippen LogP contribution < -0.4 is 19.5 Å². The molecule has 0 atom stereocenters. The maximum atomic E-state index is 6.07. The lowest BCUT2D eigenvalue weighted by Crippen LogP contribution is -2.37. The predicted molar refractivity (Wildman–Crippen MR) is 144 cm³/mol. The molecule has 0 aliphatic carbocycles. The van der Waals surface area contributed by atoms with E-state index < -0.39 is 0 Å². The van der Waals surface area contributed by atoms with Gasteiger partial charge in [0.2, 0.25) is 0 Å². The Morgan fingerprint density at radius 1 is 0.919 bits per heavy atom. The summed E-state index contributed by atoms with van der Waals surface area (Å²) in [4.78, 5) is 11.5. The zero-order chi connectivity index (χ0) is 25.5. The van der Waals surface area contributed by atoms with Crippen LogP contribution in [0.2, 0.25) is 0 Å². The molecule has 0 bridgehead atoms. The Morgan fingerprint density at radius 2 is 1.73 bits per heavy atom. The lowest BCUT2D eigenvalue weighted by Gasteiger charge is -2.26. The van der Waals surface area contributed by atoms with Gasteiger partial charge in [0, 0.05) is 30.7 Å². The molecule has 0 spiro atoms. The highest BCUT2D eigenvalue weighted by atomic mass is 16.5. The molecule has 4 aromatic rings. The van der Waals surface area contributed by atoms with E-state index in [0.717, 1.165) is 78.7 Å². The van der Waals surface area contributed by atoms with E-state index in [-0.39, 0.29) is 0 Å². The maximum absolute atomic E-state index is 6.07. The van der Waals surface area contributed by atoms with Crippen LogP contribution in [0.1, 0.15) is 12.0 Å². The van der Waals surface area contributed by atoms with Crippen molar-refractivity contribution in [3.05, 3.63) is 72.3 Å². The van der Waals surface area contributed by atoms with Crippen LogP contribution in [0.5, 0.6) is 23.3 Å². The molecule has 0 radical (unpaired) electrons. The zero-order valence-electron chi connectivity index (χ0n) is 21.3. The summed E-state index contributed by atoms with van der Waals surface area (Å²) in [5, 5.41) is 4.31. The fourth-order valence-electron chi connectivity index (χ4n) is 4.26. The van der Waals surface area contributed by atoms with E-state index in [1.807, 2.05) is 73.7 Å². The number of aryl methyl sites for hydroxylation is 1. The summed E-state index contributed by atoms with van der Waals surface area (Å²) in [6.07, 6.45) is 0.957. The minimum absolute atomic E-state index is 0.302. The highest BCUT2D eigenvalue weighted by molar-refractivity contribution is 5.92. The standard InChI is InChI=1S/C29H32N4O4/c1-21-19-24(37-22-7-4-3-5-8-22)10-11-26(21)30-28-25-20-23(9-12-27(25)31-29(32-28)34-2)36-16-6-13-33-14-17-35-18-15-33/h3-5,7-12,19-20H,6,13-18H2,1-2H3,(H,30,31,32). The zero-order valence-corrected chi connectivity index (χ0v) is 21.3. The third kappa shape index (κ3) is 6.47. The van der Waals surface area contributed by atoms with E-state index in [4.69, 9.17) is 18.9 Å².